The Morgan fingerprint density at radius 3 is 2.93 bits per heavy atom. The summed E-state index contributed by atoms with van der Waals surface area (Å²) >= 11 is 3.24. The van der Waals surface area contributed by atoms with Crippen LogP contribution in [-0.4, -0.2) is 26.6 Å². The number of carboxylic acid groups (broad SMARTS) is 1. The third kappa shape index (κ3) is 2.66. The number of aliphatic carboxylic acids is 1. The Morgan fingerprint density at radius 2 is 2.50 bits per heavy atom. The van der Waals surface area contributed by atoms with Crippen molar-refractivity contribution in [1.82, 2.24) is 9.78 Å². The lowest BCUT2D eigenvalue weighted by Gasteiger charge is -2.10. The van der Waals surface area contributed by atoms with Gasteiger partial charge in [0, 0.05) is 12.6 Å². The van der Waals surface area contributed by atoms with E-state index in [2.05, 4.69) is 21.0 Å². The van der Waals surface area contributed by atoms with Gasteiger partial charge in [-0.1, -0.05) is 0 Å². The van der Waals surface area contributed by atoms with E-state index < -0.39 is 5.97 Å². The summed E-state index contributed by atoms with van der Waals surface area (Å²) in [4.78, 5) is 10.4. The summed E-state index contributed by atoms with van der Waals surface area (Å²) in [6.45, 7) is 1.82. The first kappa shape index (κ1) is 10.9. The quantitative estimate of drug-likeness (QED) is 0.808. The highest BCUT2D eigenvalue weighted by Crippen LogP contribution is 2.14. The topological polar surface area (TPSA) is 79.0 Å². The van der Waals surface area contributed by atoms with Gasteiger partial charge in [0.1, 0.15) is 5.71 Å². The number of halogens is 1. The van der Waals surface area contributed by atoms with Crippen molar-refractivity contribution < 1.29 is 9.90 Å². The standard InChI is InChI=1S/C8H10BrN3O2/c1-5(2-7(10)8(13)14)12-4-6(9)3-11-12/h3-5,10H,2H2,1H3,(H,13,14)/t5-/m0/s1. The highest BCUT2D eigenvalue weighted by molar-refractivity contribution is 9.10. The van der Waals surface area contributed by atoms with Gasteiger partial charge in [0.05, 0.1) is 16.7 Å². The van der Waals surface area contributed by atoms with Crippen LogP contribution >= 0.6 is 15.9 Å². The smallest absolute Gasteiger partial charge is 0.349 e. The van der Waals surface area contributed by atoms with Crippen LogP contribution in [-0.2, 0) is 4.79 Å². The minimum atomic E-state index is -1.18. The molecule has 0 amide bonds. The van der Waals surface area contributed by atoms with Crippen LogP contribution < -0.4 is 0 Å². The lowest BCUT2D eigenvalue weighted by atomic mass is 10.1. The van der Waals surface area contributed by atoms with Gasteiger partial charge in [-0.15, -0.1) is 0 Å². The second kappa shape index (κ2) is 4.36. The average Bonchev–Trinajstić information content (AvgIpc) is 2.51. The first-order chi connectivity index (χ1) is 6.50. The van der Waals surface area contributed by atoms with Gasteiger partial charge in [-0.05, 0) is 22.9 Å². The SMILES string of the molecule is C[C@@H](CC(=N)C(=O)O)n1cc(Br)cn1. The van der Waals surface area contributed by atoms with Crippen LogP contribution in [0.15, 0.2) is 16.9 Å². The predicted octanol–water partition coefficient (Wildman–Crippen LogP) is 1.70. The number of aromatic nitrogens is 2. The lowest BCUT2D eigenvalue weighted by molar-refractivity contribution is -0.129. The molecule has 1 rings (SSSR count). The Labute approximate surface area is 89.4 Å². The van der Waals surface area contributed by atoms with Crippen molar-refractivity contribution in [3.8, 4) is 0 Å². The maximum Gasteiger partial charge on any atom is 0.349 e. The molecule has 0 aliphatic carbocycles. The zero-order valence-electron chi connectivity index (χ0n) is 7.57. The second-order valence-electron chi connectivity index (χ2n) is 2.98. The highest BCUT2D eigenvalue weighted by Gasteiger charge is 2.13. The normalized spacial score (nSPS) is 12.4. The van der Waals surface area contributed by atoms with Crippen molar-refractivity contribution >= 4 is 27.6 Å². The number of carboxylic acids is 1. The van der Waals surface area contributed by atoms with Crippen molar-refractivity contribution in [2.45, 2.75) is 19.4 Å². The Morgan fingerprint density at radius 1 is 1.86 bits per heavy atom. The largest absolute Gasteiger partial charge is 0.477 e. The number of carbonyl (C=O) groups is 1. The molecule has 76 valence electrons. The zero-order valence-corrected chi connectivity index (χ0v) is 9.15. The fraction of sp³-hybridized carbons (Fsp3) is 0.375. The zero-order chi connectivity index (χ0) is 10.7. The van der Waals surface area contributed by atoms with E-state index in [4.69, 9.17) is 10.5 Å². The fourth-order valence-corrected chi connectivity index (χ4v) is 1.33. The van der Waals surface area contributed by atoms with Crippen LogP contribution in [0.25, 0.3) is 0 Å². The molecule has 6 heteroatoms. The van der Waals surface area contributed by atoms with E-state index in [0.717, 1.165) is 4.47 Å². The highest BCUT2D eigenvalue weighted by atomic mass is 79.9. The fourth-order valence-electron chi connectivity index (χ4n) is 1.03. The summed E-state index contributed by atoms with van der Waals surface area (Å²) in [7, 11) is 0. The molecule has 0 saturated carbocycles. The molecule has 1 aromatic heterocycles. The van der Waals surface area contributed by atoms with Crippen LogP contribution in [0, 0.1) is 5.41 Å². The van der Waals surface area contributed by atoms with Crippen molar-refractivity contribution in [2.75, 3.05) is 0 Å². The van der Waals surface area contributed by atoms with Gasteiger partial charge in [-0.25, -0.2) is 4.79 Å². The molecule has 0 aliphatic heterocycles. The minimum Gasteiger partial charge on any atom is -0.477 e. The van der Waals surface area contributed by atoms with Crippen LogP contribution in [0.1, 0.15) is 19.4 Å². The van der Waals surface area contributed by atoms with Gasteiger partial charge in [0.15, 0.2) is 0 Å². The maximum absolute atomic E-state index is 10.4. The van der Waals surface area contributed by atoms with E-state index in [1.54, 1.807) is 17.1 Å². The first-order valence-electron chi connectivity index (χ1n) is 4.01. The molecule has 14 heavy (non-hydrogen) atoms. The number of hydrogen-bond donors (Lipinski definition) is 2. The molecule has 5 nitrogen and oxygen atoms in total. The Hall–Kier alpha value is -1.17. The average molecular weight is 260 g/mol. The van der Waals surface area contributed by atoms with E-state index in [0.29, 0.717) is 0 Å². The predicted molar refractivity (Wildman–Crippen MR) is 54.6 cm³/mol. The monoisotopic (exact) mass is 259 g/mol. The van der Waals surface area contributed by atoms with Crippen molar-refractivity contribution in [2.24, 2.45) is 0 Å². The molecule has 0 bridgehead atoms. The van der Waals surface area contributed by atoms with E-state index >= 15 is 0 Å². The van der Waals surface area contributed by atoms with E-state index in [1.807, 2.05) is 6.92 Å². The molecule has 0 saturated heterocycles. The van der Waals surface area contributed by atoms with E-state index in [9.17, 15) is 4.79 Å². The van der Waals surface area contributed by atoms with Crippen LogP contribution in [0.5, 0.6) is 0 Å². The molecule has 1 aromatic rings. The second-order valence-corrected chi connectivity index (χ2v) is 3.89. The van der Waals surface area contributed by atoms with Gasteiger partial charge in [0.25, 0.3) is 0 Å². The van der Waals surface area contributed by atoms with Crippen LogP contribution in [0.3, 0.4) is 0 Å². The molecule has 2 N–H and O–H groups in total. The lowest BCUT2D eigenvalue weighted by Crippen LogP contribution is -2.17. The van der Waals surface area contributed by atoms with Gasteiger partial charge in [0.2, 0.25) is 0 Å². The summed E-state index contributed by atoms with van der Waals surface area (Å²) in [6.07, 6.45) is 3.55. The summed E-state index contributed by atoms with van der Waals surface area (Å²) in [5.74, 6) is -1.18. The van der Waals surface area contributed by atoms with Gasteiger partial charge in [-0.3, -0.25) is 10.1 Å². The number of nitrogens with one attached hydrogen (secondary N) is 1. The molecule has 1 atom stereocenters. The Balaban J connectivity index is 2.63. The van der Waals surface area contributed by atoms with Crippen molar-refractivity contribution in [3.05, 3.63) is 16.9 Å². The van der Waals surface area contributed by atoms with Crippen LogP contribution in [0.2, 0.25) is 0 Å². The maximum atomic E-state index is 10.4. The van der Waals surface area contributed by atoms with Crippen molar-refractivity contribution in [3.63, 3.8) is 0 Å². The molecule has 0 spiro atoms. The molecule has 0 radical (unpaired) electrons. The summed E-state index contributed by atoms with van der Waals surface area (Å²) in [5.41, 5.74) is -0.302. The summed E-state index contributed by atoms with van der Waals surface area (Å²) in [5, 5.41) is 19.7. The first-order valence-corrected chi connectivity index (χ1v) is 4.80. The Kier molecular flexibility index (Phi) is 3.40. The van der Waals surface area contributed by atoms with E-state index in [1.165, 1.54) is 0 Å². The third-order valence-corrected chi connectivity index (χ3v) is 2.19. The molecular formula is C8H10BrN3O2. The number of nitrogens with zero attached hydrogens (tertiary/aromatic N) is 2. The summed E-state index contributed by atoms with van der Waals surface area (Å²) in [6, 6.07) is -0.120. The molecule has 1 heterocycles. The minimum absolute atomic E-state index is 0.120. The molecule has 0 aromatic carbocycles. The third-order valence-electron chi connectivity index (χ3n) is 1.78. The summed E-state index contributed by atoms with van der Waals surface area (Å²) < 4.78 is 2.47. The molecule has 0 fully saturated rings. The molecule has 0 unspecified atom stereocenters. The Bertz CT molecular complexity index is 361. The van der Waals surface area contributed by atoms with Gasteiger partial charge in [-0.2, -0.15) is 5.10 Å². The molecule has 0 aliphatic rings. The molecular weight excluding hydrogens is 250 g/mol. The van der Waals surface area contributed by atoms with E-state index in [-0.39, 0.29) is 18.2 Å². The van der Waals surface area contributed by atoms with Crippen LogP contribution in [0.4, 0.5) is 0 Å². The van der Waals surface area contributed by atoms with Crippen molar-refractivity contribution in [1.29, 1.82) is 5.41 Å². The van der Waals surface area contributed by atoms with Gasteiger partial charge < -0.3 is 5.11 Å². The number of rotatable bonds is 4. The number of hydrogen-bond acceptors (Lipinski definition) is 3. The van der Waals surface area contributed by atoms with Gasteiger partial charge >= 0.3 is 5.97 Å².